The number of aromatic nitrogens is 2. The molecule has 72 valence electrons. The number of rotatable bonds is 3. The molecule has 0 spiro atoms. The van der Waals surface area contributed by atoms with Gasteiger partial charge in [-0.3, -0.25) is 4.84 Å². The molecule has 0 aliphatic rings. The Morgan fingerprint density at radius 2 is 2.23 bits per heavy atom. The molecule has 0 aromatic carbocycles. The highest BCUT2D eigenvalue weighted by Crippen LogP contribution is 2.03. The average molecular weight is 181 g/mol. The van der Waals surface area contributed by atoms with E-state index in [1.165, 1.54) is 6.33 Å². The van der Waals surface area contributed by atoms with E-state index in [2.05, 4.69) is 15.4 Å². The van der Waals surface area contributed by atoms with E-state index in [0.29, 0.717) is 6.54 Å². The fourth-order valence-corrected chi connectivity index (χ4v) is 0.749. The molecule has 13 heavy (non-hydrogen) atoms. The summed E-state index contributed by atoms with van der Waals surface area (Å²) in [5.74, 6) is 0. The van der Waals surface area contributed by atoms with E-state index in [1.54, 1.807) is 6.20 Å². The van der Waals surface area contributed by atoms with Gasteiger partial charge in [-0.25, -0.2) is 9.97 Å². The minimum absolute atomic E-state index is 0.174. The summed E-state index contributed by atoms with van der Waals surface area (Å²) in [6.45, 7) is 6.56. The van der Waals surface area contributed by atoms with Gasteiger partial charge < -0.3 is 0 Å². The lowest BCUT2D eigenvalue weighted by atomic mass is 10.2. The van der Waals surface area contributed by atoms with Gasteiger partial charge in [0, 0.05) is 6.20 Å². The standard InChI is InChI=1S/C9H15N3O/c1-9(2,3)13-12-6-8-4-5-10-7-11-8/h4-5,7,12H,6H2,1-3H3. The van der Waals surface area contributed by atoms with Crippen molar-refractivity contribution in [3.63, 3.8) is 0 Å². The predicted molar refractivity (Wildman–Crippen MR) is 49.7 cm³/mol. The predicted octanol–water partition coefficient (Wildman–Crippen LogP) is 1.30. The average Bonchev–Trinajstić information content (AvgIpc) is 2.04. The largest absolute Gasteiger partial charge is 0.296 e. The molecule has 1 aromatic heterocycles. The Morgan fingerprint density at radius 1 is 1.46 bits per heavy atom. The first-order chi connectivity index (χ1) is 6.08. The lowest BCUT2D eigenvalue weighted by Gasteiger charge is -2.18. The normalized spacial score (nSPS) is 11.6. The van der Waals surface area contributed by atoms with Gasteiger partial charge in [0.1, 0.15) is 6.33 Å². The Labute approximate surface area is 78.3 Å². The summed E-state index contributed by atoms with van der Waals surface area (Å²) in [5.41, 5.74) is 3.59. The van der Waals surface area contributed by atoms with Crippen LogP contribution in [0.25, 0.3) is 0 Å². The highest BCUT2D eigenvalue weighted by Gasteiger charge is 2.09. The van der Waals surface area contributed by atoms with Gasteiger partial charge in [0.2, 0.25) is 0 Å². The molecule has 1 heterocycles. The minimum Gasteiger partial charge on any atom is -0.296 e. The van der Waals surface area contributed by atoms with Crippen LogP contribution in [0.2, 0.25) is 0 Å². The molecule has 1 N–H and O–H groups in total. The van der Waals surface area contributed by atoms with Crippen LogP contribution in [0.4, 0.5) is 0 Å². The van der Waals surface area contributed by atoms with Crippen LogP contribution in [-0.2, 0) is 11.4 Å². The zero-order chi connectivity index (χ0) is 9.73. The van der Waals surface area contributed by atoms with Crippen molar-refractivity contribution < 1.29 is 4.84 Å². The van der Waals surface area contributed by atoms with E-state index in [4.69, 9.17) is 4.84 Å². The third-order valence-corrected chi connectivity index (χ3v) is 1.27. The second kappa shape index (κ2) is 4.30. The molecular weight excluding hydrogens is 166 g/mol. The SMILES string of the molecule is CC(C)(C)ONCc1ccncn1. The second-order valence-electron chi connectivity index (χ2n) is 3.74. The molecule has 0 unspecified atom stereocenters. The first-order valence-corrected chi connectivity index (χ1v) is 4.24. The fraction of sp³-hybridized carbons (Fsp3) is 0.556. The molecule has 0 atom stereocenters. The topological polar surface area (TPSA) is 47.0 Å². The van der Waals surface area contributed by atoms with Crippen molar-refractivity contribution >= 4 is 0 Å². The van der Waals surface area contributed by atoms with E-state index >= 15 is 0 Å². The Hall–Kier alpha value is -1.00. The highest BCUT2D eigenvalue weighted by molar-refractivity contribution is 4.96. The molecule has 0 aliphatic heterocycles. The molecule has 0 aliphatic carbocycles. The number of hydroxylamine groups is 1. The van der Waals surface area contributed by atoms with Gasteiger partial charge in [0.15, 0.2) is 0 Å². The van der Waals surface area contributed by atoms with E-state index < -0.39 is 0 Å². The summed E-state index contributed by atoms with van der Waals surface area (Å²) in [6, 6.07) is 1.85. The first kappa shape index (κ1) is 10.1. The number of hydrogen-bond donors (Lipinski definition) is 1. The van der Waals surface area contributed by atoms with Crippen LogP contribution in [0.1, 0.15) is 26.5 Å². The lowest BCUT2D eigenvalue weighted by molar-refractivity contribution is -0.0761. The maximum Gasteiger partial charge on any atom is 0.115 e. The van der Waals surface area contributed by atoms with E-state index in [-0.39, 0.29) is 5.60 Å². The summed E-state index contributed by atoms with van der Waals surface area (Å²) < 4.78 is 0. The zero-order valence-electron chi connectivity index (χ0n) is 8.24. The Balaban J connectivity index is 2.29. The van der Waals surface area contributed by atoms with Crippen LogP contribution in [0, 0.1) is 0 Å². The van der Waals surface area contributed by atoms with Gasteiger partial charge in [-0.1, -0.05) is 0 Å². The second-order valence-corrected chi connectivity index (χ2v) is 3.74. The highest BCUT2D eigenvalue weighted by atomic mass is 16.7. The van der Waals surface area contributed by atoms with Crippen molar-refractivity contribution in [1.82, 2.24) is 15.4 Å². The smallest absolute Gasteiger partial charge is 0.115 e. The third-order valence-electron chi connectivity index (χ3n) is 1.27. The Kier molecular flexibility index (Phi) is 3.33. The number of hydrogen-bond acceptors (Lipinski definition) is 4. The summed E-state index contributed by atoms with van der Waals surface area (Å²) in [4.78, 5) is 13.2. The first-order valence-electron chi connectivity index (χ1n) is 4.24. The van der Waals surface area contributed by atoms with Gasteiger partial charge in [0.05, 0.1) is 17.8 Å². The van der Waals surface area contributed by atoms with Crippen LogP contribution in [0.3, 0.4) is 0 Å². The minimum atomic E-state index is -0.174. The van der Waals surface area contributed by atoms with Crippen molar-refractivity contribution in [2.24, 2.45) is 0 Å². The lowest BCUT2D eigenvalue weighted by Crippen LogP contribution is -2.28. The maximum atomic E-state index is 5.32. The molecule has 0 saturated heterocycles. The molecule has 0 amide bonds. The summed E-state index contributed by atoms with van der Waals surface area (Å²) >= 11 is 0. The molecule has 0 saturated carbocycles. The van der Waals surface area contributed by atoms with Gasteiger partial charge >= 0.3 is 0 Å². The van der Waals surface area contributed by atoms with Crippen molar-refractivity contribution in [2.45, 2.75) is 32.9 Å². The quantitative estimate of drug-likeness (QED) is 0.714. The molecule has 4 heteroatoms. The van der Waals surface area contributed by atoms with Crippen molar-refractivity contribution in [1.29, 1.82) is 0 Å². The van der Waals surface area contributed by atoms with Crippen LogP contribution in [0.5, 0.6) is 0 Å². The molecule has 0 fully saturated rings. The monoisotopic (exact) mass is 181 g/mol. The van der Waals surface area contributed by atoms with Crippen molar-refractivity contribution in [3.05, 3.63) is 24.3 Å². The van der Waals surface area contributed by atoms with Gasteiger partial charge in [0.25, 0.3) is 0 Å². The summed E-state index contributed by atoms with van der Waals surface area (Å²) in [5, 5.41) is 0. The van der Waals surface area contributed by atoms with E-state index in [1.807, 2.05) is 26.8 Å². The van der Waals surface area contributed by atoms with Gasteiger partial charge in [-0.15, -0.1) is 0 Å². The fourth-order valence-electron chi connectivity index (χ4n) is 0.749. The van der Waals surface area contributed by atoms with Crippen LogP contribution in [0.15, 0.2) is 18.6 Å². The Morgan fingerprint density at radius 3 is 2.77 bits per heavy atom. The Bertz CT molecular complexity index is 243. The zero-order valence-corrected chi connectivity index (χ0v) is 8.24. The van der Waals surface area contributed by atoms with Crippen molar-refractivity contribution in [2.75, 3.05) is 0 Å². The van der Waals surface area contributed by atoms with Crippen LogP contribution < -0.4 is 5.48 Å². The molecule has 0 bridgehead atoms. The van der Waals surface area contributed by atoms with Crippen LogP contribution in [-0.4, -0.2) is 15.6 Å². The molecule has 0 radical (unpaired) electrons. The molecule has 4 nitrogen and oxygen atoms in total. The number of nitrogens with one attached hydrogen (secondary N) is 1. The van der Waals surface area contributed by atoms with E-state index in [0.717, 1.165) is 5.69 Å². The van der Waals surface area contributed by atoms with Gasteiger partial charge in [-0.05, 0) is 26.8 Å². The summed E-state index contributed by atoms with van der Waals surface area (Å²) in [7, 11) is 0. The van der Waals surface area contributed by atoms with Gasteiger partial charge in [-0.2, -0.15) is 5.48 Å². The van der Waals surface area contributed by atoms with Crippen LogP contribution >= 0.6 is 0 Å². The van der Waals surface area contributed by atoms with Crippen molar-refractivity contribution in [3.8, 4) is 0 Å². The molecule has 1 aromatic rings. The summed E-state index contributed by atoms with van der Waals surface area (Å²) in [6.07, 6.45) is 3.23. The molecular formula is C9H15N3O. The number of nitrogens with zero attached hydrogens (tertiary/aromatic N) is 2. The van der Waals surface area contributed by atoms with E-state index in [9.17, 15) is 0 Å². The third kappa shape index (κ3) is 4.55. The maximum absolute atomic E-state index is 5.32. The molecule has 1 rings (SSSR count).